The first-order valence-corrected chi connectivity index (χ1v) is 10.6. The third-order valence-corrected chi connectivity index (χ3v) is 6.35. The van der Waals surface area contributed by atoms with Gasteiger partial charge in [-0.1, -0.05) is 23.5 Å². The molecule has 0 unspecified atom stereocenters. The molecule has 29 heavy (non-hydrogen) atoms. The molecular weight excluding hydrogens is 459 g/mol. The summed E-state index contributed by atoms with van der Waals surface area (Å²) in [5.41, 5.74) is 1.07. The van der Waals surface area contributed by atoms with Crippen LogP contribution in [-0.4, -0.2) is 33.5 Å². The Hall–Kier alpha value is -2.65. The number of carbonyl (C=O) groups excluding carboxylic acids is 2. The van der Waals surface area contributed by atoms with Crippen molar-refractivity contribution in [2.24, 2.45) is 0 Å². The molecular formula is C20H16BrFN4O2S. The number of likely N-dealkylation sites (tertiary alicyclic amines) is 1. The minimum Gasteiger partial charge on any atom is -0.329 e. The quantitative estimate of drug-likeness (QED) is 0.595. The van der Waals surface area contributed by atoms with Crippen molar-refractivity contribution in [1.82, 2.24) is 15.1 Å². The molecule has 3 aromatic rings. The fraction of sp³-hybridized carbons (Fsp3) is 0.200. The molecule has 9 heteroatoms. The number of benzene rings is 2. The van der Waals surface area contributed by atoms with Crippen molar-refractivity contribution in [3.8, 4) is 0 Å². The standard InChI is InChI=1S/C20H16BrFN4O2S/c21-15-5-2-1-4-14(15)20(28)26-11-3-6-16(26)18-24-25-19(29-18)17(27)23-13-9-7-12(22)8-10-13/h1-2,4-5,7-10,16H,3,6,11H2,(H,23,27)/t16-/m1/s1. The van der Waals surface area contributed by atoms with Gasteiger partial charge in [0.1, 0.15) is 10.8 Å². The predicted octanol–water partition coefficient (Wildman–Crippen LogP) is 4.67. The van der Waals surface area contributed by atoms with Gasteiger partial charge in [0, 0.05) is 16.7 Å². The highest BCUT2D eigenvalue weighted by atomic mass is 79.9. The van der Waals surface area contributed by atoms with E-state index in [-0.39, 0.29) is 22.8 Å². The second-order valence-electron chi connectivity index (χ2n) is 6.54. The molecule has 2 heterocycles. The van der Waals surface area contributed by atoms with Crippen LogP contribution in [0.1, 0.15) is 44.1 Å². The van der Waals surface area contributed by atoms with Crippen LogP contribution >= 0.6 is 27.3 Å². The zero-order chi connectivity index (χ0) is 20.4. The molecule has 1 atom stereocenters. The van der Waals surface area contributed by atoms with E-state index in [1.165, 1.54) is 35.6 Å². The Morgan fingerprint density at radius 1 is 1.14 bits per heavy atom. The summed E-state index contributed by atoms with van der Waals surface area (Å²) in [6, 6.07) is 12.6. The zero-order valence-electron chi connectivity index (χ0n) is 15.1. The average Bonchev–Trinajstić information content (AvgIpc) is 3.39. The minimum atomic E-state index is -0.415. The first-order chi connectivity index (χ1) is 14.0. The molecule has 1 fully saturated rings. The number of aromatic nitrogens is 2. The van der Waals surface area contributed by atoms with Gasteiger partial charge < -0.3 is 10.2 Å². The molecule has 2 aromatic carbocycles. The summed E-state index contributed by atoms with van der Waals surface area (Å²) < 4.78 is 13.7. The van der Waals surface area contributed by atoms with Gasteiger partial charge in [-0.15, -0.1) is 10.2 Å². The fourth-order valence-electron chi connectivity index (χ4n) is 3.23. The van der Waals surface area contributed by atoms with Gasteiger partial charge in [-0.2, -0.15) is 0 Å². The average molecular weight is 475 g/mol. The van der Waals surface area contributed by atoms with Gasteiger partial charge in [0.2, 0.25) is 5.01 Å². The van der Waals surface area contributed by atoms with E-state index in [4.69, 9.17) is 0 Å². The topological polar surface area (TPSA) is 75.2 Å². The van der Waals surface area contributed by atoms with E-state index < -0.39 is 5.91 Å². The van der Waals surface area contributed by atoms with Crippen molar-refractivity contribution in [3.63, 3.8) is 0 Å². The minimum absolute atomic E-state index is 0.0764. The van der Waals surface area contributed by atoms with Crippen molar-refractivity contribution in [3.05, 3.63) is 74.4 Å². The lowest BCUT2D eigenvalue weighted by atomic mass is 10.1. The lowest BCUT2D eigenvalue weighted by molar-refractivity contribution is 0.0734. The van der Waals surface area contributed by atoms with E-state index in [1.807, 2.05) is 18.2 Å². The molecule has 0 bridgehead atoms. The van der Waals surface area contributed by atoms with Crippen LogP contribution in [0.3, 0.4) is 0 Å². The van der Waals surface area contributed by atoms with E-state index in [0.717, 1.165) is 17.3 Å². The van der Waals surface area contributed by atoms with E-state index in [9.17, 15) is 14.0 Å². The van der Waals surface area contributed by atoms with Crippen LogP contribution in [-0.2, 0) is 0 Å². The lowest BCUT2D eigenvalue weighted by Gasteiger charge is -2.23. The number of nitrogens with one attached hydrogen (secondary N) is 1. The molecule has 1 N–H and O–H groups in total. The van der Waals surface area contributed by atoms with Gasteiger partial charge in [-0.3, -0.25) is 9.59 Å². The number of amides is 2. The van der Waals surface area contributed by atoms with Crippen molar-refractivity contribution >= 4 is 44.8 Å². The summed E-state index contributed by atoms with van der Waals surface area (Å²) in [7, 11) is 0. The third-order valence-electron chi connectivity index (χ3n) is 4.64. The highest BCUT2D eigenvalue weighted by molar-refractivity contribution is 9.10. The summed E-state index contributed by atoms with van der Waals surface area (Å²) in [6.45, 7) is 0.627. The van der Waals surface area contributed by atoms with E-state index in [0.29, 0.717) is 22.8 Å². The largest absolute Gasteiger partial charge is 0.329 e. The Kier molecular flexibility index (Phi) is 5.68. The van der Waals surface area contributed by atoms with Crippen LogP contribution in [0, 0.1) is 5.82 Å². The molecule has 2 amide bonds. The van der Waals surface area contributed by atoms with Crippen molar-refractivity contribution in [1.29, 1.82) is 0 Å². The summed E-state index contributed by atoms with van der Waals surface area (Å²) in [6.07, 6.45) is 1.63. The van der Waals surface area contributed by atoms with E-state index in [1.54, 1.807) is 11.0 Å². The Morgan fingerprint density at radius 3 is 2.66 bits per heavy atom. The van der Waals surface area contributed by atoms with Crippen LogP contribution in [0.5, 0.6) is 0 Å². The van der Waals surface area contributed by atoms with Crippen molar-refractivity contribution in [2.75, 3.05) is 11.9 Å². The summed E-state index contributed by atoms with van der Waals surface area (Å²) in [4.78, 5) is 27.2. The van der Waals surface area contributed by atoms with Crippen molar-refractivity contribution < 1.29 is 14.0 Å². The van der Waals surface area contributed by atoms with Gasteiger partial charge in [0.05, 0.1) is 11.6 Å². The Morgan fingerprint density at radius 2 is 1.90 bits per heavy atom. The number of carbonyl (C=O) groups is 2. The third kappa shape index (κ3) is 4.20. The molecule has 1 aliphatic rings. The van der Waals surface area contributed by atoms with Gasteiger partial charge in [0.15, 0.2) is 0 Å². The molecule has 0 spiro atoms. The maximum absolute atomic E-state index is 13.0. The molecule has 1 saturated heterocycles. The molecule has 0 saturated carbocycles. The smallest absolute Gasteiger partial charge is 0.286 e. The number of halogens is 2. The number of nitrogens with zero attached hydrogens (tertiary/aromatic N) is 3. The van der Waals surface area contributed by atoms with Gasteiger partial charge >= 0.3 is 0 Å². The van der Waals surface area contributed by atoms with Crippen LogP contribution in [0.4, 0.5) is 10.1 Å². The lowest BCUT2D eigenvalue weighted by Crippen LogP contribution is -2.30. The van der Waals surface area contributed by atoms with Crippen LogP contribution in [0.15, 0.2) is 53.0 Å². The van der Waals surface area contributed by atoms with Crippen LogP contribution in [0.2, 0.25) is 0 Å². The number of hydrogen-bond acceptors (Lipinski definition) is 5. The summed E-state index contributed by atoms with van der Waals surface area (Å²) >= 11 is 4.60. The maximum atomic E-state index is 13.0. The molecule has 6 nitrogen and oxygen atoms in total. The molecule has 1 aliphatic heterocycles. The van der Waals surface area contributed by atoms with E-state index in [2.05, 4.69) is 31.4 Å². The van der Waals surface area contributed by atoms with Gasteiger partial charge in [-0.25, -0.2) is 4.39 Å². The Bertz CT molecular complexity index is 1060. The fourth-order valence-corrected chi connectivity index (χ4v) is 4.58. The molecule has 0 radical (unpaired) electrons. The van der Waals surface area contributed by atoms with Crippen molar-refractivity contribution in [2.45, 2.75) is 18.9 Å². The van der Waals surface area contributed by atoms with Crippen LogP contribution < -0.4 is 5.32 Å². The summed E-state index contributed by atoms with van der Waals surface area (Å²) in [5.74, 6) is -0.869. The number of hydrogen-bond donors (Lipinski definition) is 1. The first kappa shape index (κ1) is 19.7. The molecule has 1 aromatic heterocycles. The molecule has 4 rings (SSSR count). The Labute approximate surface area is 178 Å². The zero-order valence-corrected chi connectivity index (χ0v) is 17.5. The first-order valence-electron chi connectivity index (χ1n) is 8.99. The maximum Gasteiger partial charge on any atom is 0.286 e. The van der Waals surface area contributed by atoms with Crippen LogP contribution in [0.25, 0.3) is 0 Å². The van der Waals surface area contributed by atoms with E-state index >= 15 is 0 Å². The highest BCUT2D eigenvalue weighted by Gasteiger charge is 2.34. The van der Waals surface area contributed by atoms with Gasteiger partial charge in [-0.05, 0) is 65.2 Å². The Balaban J connectivity index is 1.50. The second kappa shape index (κ2) is 8.38. The number of anilines is 1. The second-order valence-corrected chi connectivity index (χ2v) is 8.41. The summed E-state index contributed by atoms with van der Waals surface area (Å²) in [5, 5.41) is 11.7. The molecule has 0 aliphatic carbocycles. The molecule has 148 valence electrons. The highest BCUT2D eigenvalue weighted by Crippen LogP contribution is 2.35. The normalized spacial score (nSPS) is 16.1. The monoisotopic (exact) mass is 474 g/mol. The van der Waals surface area contributed by atoms with Gasteiger partial charge in [0.25, 0.3) is 11.8 Å². The predicted molar refractivity (Wildman–Crippen MR) is 111 cm³/mol. The SMILES string of the molecule is O=C(Nc1ccc(F)cc1)c1nnc([C@H]2CCCN2C(=O)c2ccccc2Br)s1. The number of rotatable bonds is 4.